The van der Waals surface area contributed by atoms with Gasteiger partial charge in [-0.25, -0.2) is 4.98 Å². The fourth-order valence-corrected chi connectivity index (χ4v) is 2.87. The molecule has 0 aliphatic heterocycles. The van der Waals surface area contributed by atoms with Crippen LogP contribution in [0.4, 0.5) is 5.69 Å². The first kappa shape index (κ1) is 16.0. The number of thiazole rings is 1. The number of hydrogen-bond acceptors (Lipinski definition) is 5. The highest BCUT2D eigenvalue weighted by molar-refractivity contribution is 7.09. The number of aromatic hydroxyl groups is 1. The maximum absolute atomic E-state index is 12.3. The number of benzene rings is 2. The van der Waals surface area contributed by atoms with Crippen molar-refractivity contribution in [2.75, 3.05) is 12.4 Å². The highest BCUT2D eigenvalue weighted by atomic mass is 32.1. The first-order valence-electron chi connectivity index (χ1n) is 7.28. The summed E-state index contributed by atoms with van der Waals surface area (Å²) in [4.78, 5) is 16.7. The maximum atomic E-state index is 12.3. The number of carbonyl (C=O) groups is 1. The van der Waals surface area contributed by atoms with Crippen LogP contribution < -0.4 is 10.1 Å². The predicted molar refractivity (Wildman–Crippen MR) is 94.9 cm³/mol. The normalized spacial score (nSPS) is 10.4. The average Bonchev–Trinajstić information content (AvgIpc) is 3.01. The number of rotatable bonds is 4. The molecule has 0 saturated carbocycles. The van der Waals surface area contributed by atoms with E-state index in [1.165, 1.54) is 19.2 Å². The van der Waals surface area contributed by atoms with Crippen LogP contribution in [0.25, 0.3) is 11.3 Å². The molecule has 1 heterocycles. The third-order valence-corrected chi connectivity index (χ3v) is 4.28. The van der Waals surface area contributed by atoms with Crippen molar-refractivity contribution >= 4 is 22.9 Å². The van der Waals surface area contributed by atoms with Gasteiger partial charge < -0.3 is 15.2 Å². The highest BCUT2D eigenvalue weighted by Gasteiger charge is 2.12. The Bertz CT molecular complexity index is 872. The monoisotopic (exact) mass is 340 g/mol. The van der Waals surface area contributed by atoms with E-state index in [9.17, 15) is 9.90 Å². The number of phenolic OH excluding ortho intramolecular Hbond substituents is 1. The molecule has 0 saturated heterocycles. The number of methoxy groups -OCH3 is 1. The first-order chi connectivity index (χ1) is 11.6. The average molecular weight is 340 g/mol. The van der Waals surface area contributed by atoms with Crippen molar-refractivity contribution in [1.82, 2.24) is 4.98 Å². The predicted octanol–water partition coefficient (Wildman–Crippen LogP) is 4.09. The van der Waals surface area contributed by atoms with Crippen LogP contribution in [0.3, 0.4) is 0 Å². The molecule has 1 amide bonds. The second kappa shape index (κ2) is 6.72. The topological polar surface area (TPSA) is 71.5 Å². The van der Waals surface area contributed by atoms with Gasteiger partial charge in [-0.05, 0) is 31.2 Å². The standard InChI is InChI=1S/C18H16N2O3S/c1-11-19-16(10-24-11)12-3-5-13(6-4-12)20-18(22)15-8-7-14(23-2)9-17(15)21/h3-10,21H,1-2H3,(H,20,22). The molecule has 0 spiro atoms. The zero-order chi connectivity index (χ0) is 17.1. The number of anilines is 1. The van der Waals surface area contributed by atoms with E-state index in [4.69, 9.17) is 4.74 Å². The van der Waals surface area contributed by atoms with Crippen LogP contribution >= 0.6 is 11.3 Å². The Morgan fingerprint density at radius 2 is 1.96 bits per heavy atom. The van der Waals surface area contributed by atoms with Crippen LogP contribution in [0.15, 0.2) is 47.8 Å². The van der Waals surface area contributed by atoms with Gasteiger partial charge in [-0.15, -0.1) is 11.3 Å². The van der Waals surface area contributed by atoms with E-state index in [0.29, 0.717) is 11.4 Å². The number of nitrogens with zero attached hydrogens (tertiary/aromatic N) is 1. The largest absolute Gasteiger partial charge is 0.507 e. The van der Waals surface area contributed by atoms with Gasteiger partial charge in [-0.1, -0.05) is 12.1 Å². The molecule has 0 unspecified atom stereocenters. The fourth-order valence-electron chi connectivity index (χ4n) is 2.25. The number of phenols is 1. The van der Waals surface area contributed by atoms with Crippen LogP contribution in [0.1, 0.15) is 15.4 Å². The number of carbonyl (C=O) groups excluding carboxylic acids is 1. The van der Waals surface area contributed by atoms with Gasteiger partial charge in [0.15, 0.2) is 0 Å². The Morgan fingerprint density at radius 3 is 2.54 bits per heavy atom. The zero-order valence-electron chi connectivity index (χ0n) is 13.2. The second-order valence-electron chi connectivity index (χ2n) is 5.17. The van der Waals surface area contributed by atoms with Gasteiger partial charge in [0.05, 0.1) is 23.4 Å². The Morgan fingerprint density at radius 1 is 1.21 bits per heavy atom. The van der Waals surface area contributed by atoms with Gasteiger partial charge >= 0.3 is 0 Å². The molecule has 1 aromatic heterocycles. The summed E-state index contributed by atoms with van der Waals surface area (Å²) in [6.45, 7) is 1.96. The highest BCUT2D eigenvalue weighted by Crippen LogP contribution is 2.26. The maximum Gasteiger partial charge on any atom is 0.259 e. The molecule has 24 heavy (non-hydrogen) atoms. The lowest BCUT2D eigenvalue weighted by molar-refractivity contribution is 0.102. The Kier molecular flexibility index (Phi) is 4.48. The van der Waals surface area contributed by atoms with E-state index in [1.807, 2.05) is 36.6 Å². The molecule has 3 aromatic rings. The molecule has 122 valence electrons. The molecule has 0 aliphatic rings. The molecule has 6 heteroatoms. The summed E-state index contributed by atoms with van der Waals surface area (Å²) in [7, 11) is 1.50. The van der Waals surface area contributed by atoms with E-state index in [2.05, 4.69) is 10.3 Å². The first-order valence-corrected chi connectivity index (χ1v) is 8.15. The number of amides is 1. The number of ether oxygens (including phenoxy) is 1. The molecular weight excluding hydrogens is 324 g/mol. The van der Waals surface area contributed by atoms with Crippen molar-refractivity contribution in [3.05, 3.63) is 58.4 Å². The summed E-state index contributed by atoms with van der Waals surface area (Å²) >= 11 is 1.60. The van der Waals surface area contributed by atoms with Gasteiger partial charge in [-0.3, -0.25) is 4.79 Å². The van der Waals surface area contributed by atoms with Gasteiger partial charge in [-0.2, -0.15) is 0 Å². The van der Waals surface area contributed by atoms with Crippen LogP contribution in [-0.4, -0.2) is 23.1 Å². The van der Waals surface area contributed by atoms with Crippen LogP contribution in [0.2, 0.25) is 0 Å². The van der Waals surface area contributed by atoms with Crippen molar-refractivity contribution in [3.8, 4) is 22.8 Å². The number of hydrogen-bond donors (Lipinski definition) is 2. The molecule has 0 fully saturated rings. The van der Waals surface area contributed by atoms with Crippen molar-refractivity contribution in [2.45, 2.75) is 6.92 Å². The minimum Gasteiger partial charge on any atom is -0.507 e. The molecule has 0 radical (unpaired) electrons. The summed E-state index contributed by atoms with van der Waals surface area (Å²) in [5.41, 5.74) is 2.74. The lowest BCUT2D eigenvalue weighted by atomic mass is 10.1. The van der Waals surface area contributed by atoms with E-state index < -0.39 is 0 Å². The van der Waals surface area contributed by atoms with E-state index in [-0.39, 0.29) is 17.2 Å². The second-order valence-corrected chi connectivity index (χ2v) is 6.23. The summed E-state index contributed by atoms with van der Waals surface area (Å²) in [5, 5.41) is 15.7. The van der Waals surface area contributed by atoms with Gasteiger partial charge in [0.25, 0.3) is 5.91 Å². The summed E-state index contributed by atoms with van der Waals surface area (Å²) < 4.78 is 5.01. The lowest BCUT2D eigenvalue weighted by Gasteiger charge is -2.08. The minimum absolute atomic E-state index is 0.124. The molecule has 0 aliphatic carbocycles. The number of nitrogens with one attached hydrogen (secondary N) is 1. The zero-order valence-corrected chi connectivity index (χ0v) is 14.1. The Labute approximate surface area is 143 Å². The smallest absolute Gasteiger partial charge is 0.259 e. The molecule has 0 bridgehead atoms. The van der Waals surface area contributed by atoms with Crippen LogP contribution in [0.5, 0.6) is 11.5 Å². The minimum atomic E-state index is -0.382. The summed E-state index contributed by atoms with van der Waals surface area (Å²) in [6, 6.07) is 12.0. The van der Waals surface area contributed by atoms with Crippen LogP contribution in [0, 0.1) is 6.92 Å². The molecule has 0 atom stereocenters. The molecule has 3 rings (SSSR count). The lowest BCUT2D eigenvalue weighted by Crippen LogP contribution is -2.12. The van der Waals surface area contributed by atoms with Crippen molar-refractivity contribution in [1.29, 1.82) is 0 Å². The molecule has 2 aromatic carbocycles. The van der Waals surface area contributed by atoms with Crippen LogP contribution in [-0.2, 0) is 0 Å². The number of aryl methyl sites for hydroxylation is 1. The van der Waals surface area contributed by atoms with Gasteiger partial charge in [0.1, 0.15) is 11.5 Å². The SMILES string of the molecule is COc1ccc(C(=O)Nc2ccc(-c3csc(C)n3)cc2)c(O)c1. The van der Waals surface area contributed by atoms with Crippen molar-refractivity contribution in [2.24, 2.45) is 0 Å². The van der Waals surface area contributed by atoms with Gasteiger partial charge in [0, 0.05) is 22.7 Å². The van der Waals surface area contributed by atoms with Crippen molar-refractivity contribution in [3.63, 3.8) is 0 Å². The molecule has 2 N–H and O–H groups in total. The third kappa shape index (κ3) is 3.38. The number of aromatic nitrogens is 1. The fraction of sp³-hybridized carbons (Fsp3) is 0.111. The van der Waals surface area contributed by atoms with Gasteiger partial charge in [0.2, 0.25) is 0 Å². The summed E-state index contributed by atoms with van der Waals surface area (Å²) in [5.74, 6) is -0.0132. The summed E-state index contributed by atoms with van der Waals surface area (Å²) in [6.07, 6.45) is 0. The van der Waals surface area contributed by atoms with E-state index in [0.717, 1.165) is 16.3 Å². The third-order valence-electron chi connectivity index (χ3n) is 3.51. The Hall–Kier alpha value is -2.86. The van der Waals surface area contributed by atoms with Crippen molar-refractivity contribution < 1.29 is 14.6 Å². The molecule has 5 nitrogen and oxygen atoms in total. The quantitative estimate of drug-likeness (QED) is 0.750. The van der Waals surface area contributed by atoms with E-state index in [1.54, 1.807) is 17.4 Å². The van der Waals surface area contributed by atoms with E-state index >= 15 is 0 Å². The molecular formula is C18H16N2O3S. The Balaban J connectivity index is 1.75.